The van der Waals surface area contributed by atoms with Gasteiger partial charge in [0.2, 0.25) is 16.0 Å². The lowest BCUT2D eigenvalue weighted by atomic mass is 10.4. The Kier molecular flexibility index (Phi) is 4.88. The highest BCUT2D eigenvalue weighted by atomic mass is 32.1. The van der Waals surface area contributed by atoms with Crippen LogP contribution in [0.15, 0.2) is 0 Å². The van der Waals surface area contributed by atoms with Gasteiger partial charge in [0.1, 0.15) is 0 Å². The maximum Gasteiger partial charge on any atom is 0.445 e. The lowest BCUT2D eigenvalue weighted by Crippen LogP contribution is -2.35. The summed E-state index contributed by atoms with van der Waals surface area (Å²) in [6.45, 7) is 4.68. The molecule has 0 radical (unpaired) electrons. The highest BCUT2D eigenvalue weighted by Crippen LogP contribution is 2.32. The molecule has 0 aromatic carbocycles. The quantitative estimate of drug-likeness (QED) is 0.895. The molecule has 1 heterocycles. The Balaban J connectivity index is 2.54. The van der Waals surface area contributed by atoms with Crippen LogP contribution in [-0.2, 0) is 11.0 Å². The Morgan fingerprint density at radius 1 is 1.33 bits per heavy atom. The number of carbonyl (C=O) groups is 1. The summed E-state index contributed by atoms with van der Waals surface area (Å²) >= 11 is 0.380. The number of alkyl halides is 3. The summed E-state index contributed by atoms with van der Waals surface area (Å²) < 4.78 is 36.7. The minimum absolute atomic E-state index is 0.0113. The Labute approximate surface area is 106 Å². The molecule has 0 spiro atoms. The van der Waals surface area contributed by atoms with Crippen LogP contribution in [0, 0.1) is 0 Å². The number of aromatic nitrogens is 2. The van der Waals surface area contributed by atoms with Gasteiger partial charge in [-0.1, -0.05) is 11.3 Å². The maximum atomic E-state index is 12.2. The van der Waals surface area contributed by atoms with Crippen LogP contribution in [-0.4, -0.2) is 40.6 Å². The first-order chi connectivity index (χ1) is 8.38. The van der Waals surface area contributed by atoms with E-state index in [4.69, 9.17) is 0 Å². The predicted octanol–water partition coefficient (Wildman–Crippen LogP) is 1.84. The number of nitrogens with zero attached hydrogens (tertiary/aromatic N) is 3. The number of amides is 1. The number of carbonyl (C=O) groups excluding carboxylic acids is 1. The van der Waals surface area contributed by atoms with Crippen molar-refractivity contribution in [2.45, 2.75) is 20.0 Å². The Morgan fingerprint density at radius 2 is 1.94 bits per heavy atom. The average molecular weight is 282 g/mol. The third-order valence-corrected chi connectivity index (χ3v) is 3.10. The van der Waals surface area contributed by atoms with E-state index in [9.17, 15) is 18.0 Å². The van der Waals surface area contributed by atoms with Crippen LogP contribution in [0.5, 0.6) is 0 Å². The van der Waals surface area contributed by atoms with E-state index in [0.29, 0.717) is 24.4 Å². The number of likely N-dealkylation sites (N-methyl/N-ethyl adjacent to an activating group) is 1. The predicted molar refractivity (Wildman–Crippen MR) is 61.3 cm³/mol. The fourth-order valence-corrected chi connectivity index (χ4v) is 1.86. The first kappa shape index (κ1) is 14.7. The molecule has 0 aliphatic carbocycles. The second-order valence-electron chi connectivity index (χ2n) is 3.33. The number of anilines is 1. The molecule has 0 aliphatic heterocycles. The molecule has 0 saturated carbocycles. The smallest absolute Gasteiger partial charge is 0.351 e. The van der Waals surface area contributed by atoms with E-state index in [1.54, 1.807) is 4.90 Å². The van der Waals surface area contributed by atoms with E-state index < -0.39 is 11.2 Å². The molecular formula is C9H13F3N4OS. The molecule has 18 heavy (non-hydrogen) atoms. The molecule has 1 aromatic rings. The monoisotopic (exact) mass is 282 g/mol. The van der Waals surface area contributed by atoms with E-state index in [1.165, 1.54) is 0 Å². The van der Waals surface area contributed by atoms with Gasteiger partial charge < -0.3 is 10.2 Å². The second-order valence-corrected chi connectivity index (χ2v) is 4.31. The van der Waals surface area contributed by atoms with Gasteiger partial charge in [0, 0.05) is 13.1 Å². The van der Waals surface area contributed by atoms with Gasteiger partial charge in [-0.25, -0.2) is 0 Å². The molecule has 0 bridgehead atoms. The molecule has 9 heteroatoms. The summed E-state index contributed by atoms with van der Waals surface area (Å²) in [6, 6.07) is 0. The van der Waals surface area contributed by atoms with Crippen LogP contribution in [0.1, 0.15) is 18.9 Å². The fourth-order valence-electron chi connectivity index (χ4n) is 1.25. The molecule has 1 N–H and O–H groups in total. The number of hydrogen-bond acceptors (Lipinski definition) is 5. The average Bonchev–Trinajstić information content (AvgIpc) is 2.76. The van der Waals surface area contributed by atoms with E-state index in [0.717, 1.165) is 0 Å². The summed E-state index contributed by atoms with van der Waals surface area (Å²) in [6.07, 6.45) is -4.50. The molecule has 1 amide bonds. The van der Waals surface area contributed by atoms with Gasteiger partial charge in [-0.15, -0.1) is 10.2 Å². The minimum Gasteiger partial charge on any atom is -0.351 e. The number of rotatable bonds is 5. The zero-order chi connectivity index (χ0) is 13.8. The molecular weight excluding hydrogens is 269 g/mol. The zero-order valence-electron chi connectivity index (χ0n) is 9.91. The number of nitrogens with one attached hydrogen (secondary N) is 1. The molecule has 0 saturated heterocycles. The van der Waals surface area contributed by atoms with Crippen molar-refractivity contribution in [3.63, 3.8) is 0 Å². The molecule has 102 valence electrons. The van der Waals surface area contributed by atoms with Crippen LogP contribution in [0.2, 0.25) is 0 Å². The van der Waals surface area contributed by atoms with Gasteiger partial charge in [0.15, 0.2) is 0 Å². The molecule has 1 aromatic heterocycles. The van der Waals surface area contributed by atoms with Gasteiger partial charge >= 0.3 is 6.18 Å². The van der Waals surface area contributed by atoms with Crippen molar-refractivity contribution < 1.29 is 18.0 Å². The van der Waals surface area contributed by atoms with Crippen LogP contribution in [0.25, 0.3) is 0 Å². The van der Waals surface area contributed by atoms with Crippen molar-refractivity contribution >= 4 is 22.4 Å². The van der Waals surface area contributed by atoms with Crippen LogP contribution in [0.3, 0.4) is 0 Å². The van der Waals surface area contributed by atoms with Crippen molar-refractivity contribution in [1.29, 1.82) is 0 Å². The Hall–Kier alpha value is -1.38. The summed E-state index contributed by atoms with van der Waals surface area (Å²) in [7, 11) is 0. The lowest BCUT2D eigenvalue weighted by Gasteiger charge is -2.18. The molecule has 0 fully saturated rings. The van der Waals surface area contributed by atoms with E-state index in [2.05, 4.69) is 15.5 Å². The third kappa shape index (κ3) is 3.83. The van der Waals surface area contributed by atoms with Crippen LogP contribution in [0.4, 0.5) is 18.3 Å². The summed E-state index contributed by atoms with van der Waals surface area (Å²) in [5.74, 6) is -0.191. The highest BCUT2D eigenvalue weighted by molar-refractivity contribution is 7.15. The summed E-state index contributed by atoms with van der Waals surface area (Å²) in [5.41, 5.74) is 0. The molecule has 0 atom stereocenters. The van der Waals surface area contributed by atoms with Crippen LogP contribution < -0.4 is 5.32 Å². The van der Waals surface area contributed by atoms with Gasteiger partial charge in [-0.05, 0) is 13.8 Å². The van der Waals surface area contributed by atoms with Crippen molar-refractivity contribution in [2.75, 3.05) is 25.0 Å². The Morgan fingerprint density at radius 3 is 2.39 bits per heavy atom. The Bertz CT molecular complexity index is 403. The normalized spacial score (nSPS) is 11.4. The molecule has 1 rings (SSSR count). The SMILES string of the molecule is CCN(CC)C(=O)CNc1nnc(C(F)(F)F)s1. The first-order valence-corrected chi connectivity index (χ1v) is 6.12. The van der Waals surface area contributed by atoms with Gasteiger partial charge in [-0.3, -0.25) is 4.79 Å². The van der Waals surface area contributed by atoms with Gasteiger partial charge in [-0.2, -0.15) is 13.2 Å². The van der Waals surface area contributed by atoms with E-state index in [-0.39, 0.29) is 17.6 Å². The molecule has 0 unspecified atom stereocenters. The summed E-state index contributed by atoms with van der Waals surface area (Å²) in [5, 5.41) is 7.84. The standard InChI is InChI=1S/C9H13F3N4OS/c1-3-16(4-2)6(17)5-13-8-15-14-7(18-8)9(10,11)12/h3-5H2,1-2H3,(H,13,15). The topological polar surface area (TPSA) is 58.1 Å². The van der Waals surface area contributed by atoms with E-state index in [1.807, 2.05) is 13.8 Å². The highest BCUT2D eigenvalue weighted by Gasteiger charge is 2.35. The molecule has 5 nitrogen and oxygen atoms in total. The second kappa shape index (κ2) is 5.98. The molecule has 0 aliphatic rings. The van der Waals surface area contributed by atoms with Crippen molar-refractivity contribution in [3.05, 3.63) is 5.01 Å². The van der Waals surface area contributed by atoms with Crippen molar-refractivity contribution in [2.24, 2.45) is 0 Å². The number of halogens is 3. The van der Waals surface area contributed by atoms with Crippen LogP contribution >= 0.6 is 11.3 Å². The van der Waals surface area contributed by atoms with Crippen molar-refractivity contribution in [1.82, 2.24) is 15.1 Å². The maximum absolute atomic E-state index is 12.2. The first-order valence-electron chi connectivity index (χ1n) is 5.30. The van der Waals surface area contributed by atoms with Gasteiger partial charge in [0.25, 0.3) is 0 Å². The third-order valence-electron chi connectivity index (χ3n) is 2.17. The van der Waals surface area contributed by atoms with Crippen molar-refractivity contribution in [3.8, 4) is 0 Å². The lowest BCUT2D eigenvalue weighted by molar-refractivity contribution is -0.138. The zero-order valence-corrected chi connectivity index (χ0v) is 10.7. The minimum atomic E-state index is -4.50. The number of hydrogen-bond donors (Lipinski definition) is 1. The van der Waals surface area contributed by atoms with Gasteiger partial charge in [0.05, 0.1) is 6.54 Å². The van der Waals surface area contributed by atoms with E-state index >= 15 is 0 Å². The summed E-state index contributed by atoms with van der Waals surface area (Å²) in [4.78, 5) is 13.1. The largest absolute Gasteiger partial charge is 0.445 e. The fraction of sp³-hybridized carbons (Fsp3) is 0.667.